The zero-order valence-electron chi connectivity index (χ0n) is 14.7. The van der Waals surface area contributed by atoms with Gasteiger partial charge in [0.15, 0.2) is 0 Å². The summed E-state index contributed by atoms with van der Waals surface area (Å²) >= 11 is 0. The Morgan fingerprint density at radius 1 is 1.29 bits per heavy atom. The monoisotopic (exact) mass is 330 g/mol. The quantitative estimate of drug-likeness (QED) is 0.902. The Bertz CT molecular complexity index is 520. The van der Waals surface area contributed by atoms with E-state index in [0.717, 1.165) is 58.3 Å². The van der Waals surface area contributed by atoms with Crippen molar-refractivity contribution < 1.29 is 9.53 Å². The Balaban J connectivity index is 1.50. The Labute approximate surface area is 145 Å². The standard InChI is InChI=1S/C20H30N2O2/c1-2-19-13-17(10-12-24-19)20(23)22-11-6-9-18(15-22)21-14-16-7-4-3-5-8-16/h3-5,7-8,17-19,21H,2,6,9-15H2,1H3. The van der Waals surface area contributed by atoms with Crippen molar-refractivity contribution in [3.63, 3.8) is 0 Å². The van der Waals surface area contributed by atoms with Gasteiger partial charge in [-0.15, -0.1) is 0 Å². The van der Waals surface area contributed by atoms with Gasteiger partial charge in [-0.05, 0) is 37.7 Å². The second-order valence-corrected chi connectivity index (χ2v) is 7.11. The number of nitrogens with zero attached hydrogens (tertiary/aromatic N) is 1. The molecule has 0 aromatic heterocycles. The number of benzene rings is 1. The molecule has 4 nitrogen and oxygen atoms in total. The molecule has 132 valence electrons. The molecule has 1 aromatic carbocycles. The third-order valence-electron chi connectivity index (χ3n) is 5.34. The minimum Gasteiger partial charge on any atom is -0.378 e. The fourth-order valence-electron chi connectivity index (χ4n) is 3.85. The first-order valence-electron chi connectivity index (χ1n) is 9.44. The average Bonchev–Trinajstić information content (AvgIpc) is 2.67. The lowest BCUT2D eigenvalue weighted by Gasteiger charge is -2.37. The summed E-state index contributed by atoms with van der Waals surface area (Å²) in [4.78, 5) is 15.0. The fraction of sp³-hybridized carbons (Fsp3) is 0.650. The van der Waals surface area contributed by atoms with Gasteiger partial charge in [-0.3, -0.25) is 4.79 Å². The molecule has 3 rings (SSSR count). The largest absolute Gasteiger partial charge is 0.378 e. The summed E-state index contributed by atoms with van der Waals surface area (Å²) in [5.74, 6) is 0.513. The first-order chi connectivity index (χ1) is 11.8. The summed E-state index contributed by atoms with van der Waals surface area (Å²) in [5, 5.41) is 3.63. The summed E-state index contributed by atoms with van der Waals surface area (Å²) in [6.07, 6.45) is 5.30. The van der Waals surface area contributed by atoms with E-state index in [2.05, 4.69) is 41.4 Å². The highest BCUT2D eigenvalue weighted by Gasteiger charge is 2.32. The number of ether oxygens (including phenoxy) is 1. The predicted octanol–water partition coefficient (Wildman–Crippen LogP) is 2.97. The Morgan fingerprint density at radius 2 is 2.12 bits per heavy atom. The van der Waals surface area contributed by atoms with Gasteiger partial charge in [0, 0.05) is 38.2 Å². The zero-order valence-corrected chi connectivity index (χ0v) is 14.7. The summed E-state index contributed by atoms with van der Waals surface area (Å²) in [7, 11) is 0. The molecule has 2 aliphatic heterocycles. The first kappa shape index (κ1) is 17.4. The predicted molar refractivity (Wildman–Crippen MR) is 95.6 cm³/mol. The summed E-state index contributed by atoms with van der Waals surface area (Å²) in [5.41, 5.74) is 1.30. The summed E-state index contributed by atoms with van der Waals surface area (Å²) in [6.45, 7) is 5.51. The van der Waals surface area contributed by atoms with Crippen molar-refractivity contribution in [2.24, 2.45) is 5.92 Å². The van der Waals surface area contributed by atoms with Crippen LogP contribution in [-0.4, -0.2) is 42.6 Å². The second kappa shape index (κ2) is 8.63. The molecule has 2 fully saturated rings. The molecular weight excluding hydrogens is 300 g/mol. The minimum atomic E-state index is 0.163. The summed E-state index contributed by atoms with van der Waals surface area (Å²) < 4.78 is 5.72. The molecule has 0 saturated carbocycles. The van der Waals surface area contributed by atoms with Crippen LogP contribution in [0.4, 0.5) is 0 Å². The van der Waals surface area contributed by atoms with Gasteiger partial charge in [0.05, 0.1) is 6.10 Å². The summed E-state index contributed by atoms with van der Waals surface area (Å²) in [6, 6.07) is 10.9. The third-order valence-corrected chi connectivity index (χ3v) is 5.34. The lowest BCUT2D eigenvalue weighted by Crippen LogP contribution is -2.50. The van der Waals surface area contributed by atoms with Crippen molar-refractivity contribution in [1.82, 2.24) is 10.2 Å². The molecule has 0 radical (unpaired) electrons. The maximum absolute atomic E-state index is 12.9. The van der Waals surface area contributed by atoms with Crippen LogP contribution < -0.4 is 5.32 Å². The number of nitrogens with one attached hydrogen (secondary N) is 1. The minimum absolute atomic E-state index is 0.163. The molecule has 3 atom stereocenters. The molecular formula is C20H30N2O2. The Kier molecular flexibility index (Phi) is 6.27. The number of rotatable bonds is 5. The van der Waals surface area contributed by atoms with E-state index in [1.807, 2.05) is 6.07 Å². The van der Waals surface area contributed by atoms with E-state index >= 15 is 0 Å². The van der Waals surface area contributed by atoms with Crippen LogP contribution in [0.25, 0.3) is 0 Å². The third kappa shape index (κ3) is 4.58. The van der Waals surface area contributed by atoms with Crippen LogP contribution in [0.3, 0.4) is 0 Å². The van der Waals surface area contributed by atoms with E-state index in [9.17, 15) is 4.79 Å². The van der Waals surface area contributed by atoms with Crippen molar-refractivity contribution in [1.29, 1.82) is 0 Å². The molecule has 2 aliphatic rings. The maximum Gasteiger partial charge on any atom is 0.225 e. The van der Waals surface area contributed by atoms with E-state index in [0.29, 0.717) is 11.9 Å². The van der Waals surface area contributed by atoms with Crippen molar-refractivity contribution in [2.75, 3.05) is 19.7 Å². The van der Waals surface area contributed by atoms with Crippen LogP contribution in [0, 0.1) is 5.92 Å². The van der Waals surface area contributed by atoms with Gasteiger partial charge in [0.25, 0.3) is 0 Å². The SMILES string of the molecule is CCC1CC(C(=O)N2CCCC(NCc3ccccc3)C2)CCO1. The lowest BCUT2D eigenvalue weighted by atomic mass is 9.92. The van der Waals surface area contributed by atoms with Gasteiger partial charge in [-0.1, -0.05) is 37.3 Å². The Hall–Kier alpha value is -1.39. The lowest BCUT2D eigenvalue weighted by molar-refractivity contribution is -0.142. The number of hydrogen-bond acceptors (Lipinski definition) is 3. The van der Waals surface area contributed by atoms with Crippen molar-refractivity contribution in [3.05, 3.63) is 35.9 Å². The van der Waals surface area contributed by atoms with Crippen molar-refractivity contribution >= 4 is 5.91 Å². The first-order valence-corrected chi connectivity index (χ1v) is 9.44. The number of carbonyl (C=O) groups is 1. The smallest absolute Gasteiger partial charge is 0.225 e. The molecule has 0 bridgehead atoms. The molecule has 24 heavy (non-hydrogen) atoms. The van der Waals surface area contributed by atoms with Crippen molar-refractivity contribution in [2.45, 2.75) is 57.7 Å². The number of likely N-dealkylation sites (tertiary alicyclic amines) is 1. The molecule has 0 spiro atoms. The molecule has 1 aromatic rings. The van der Waals surface area contributed by atoms with Crippen LogP contribution in [0.5, 0.6) is 0 Å². The number of amides is 1. The highest BCUT2D eigenvalue weighted by atomic mass is 16.5. The van der Waals surface area contributed by atoms with Gasteiger partial charge >= 0.3 is 0 Å². The van der Waals surface area contributed by atoms with Crippen molar-refractivity contribution in [3.8, 4) is 0 Å². The number of hydrogen-bond donors (Lipinski definition) is 1. The molecule has 3 unspecified atom stereocenters. The van der Waals surface area contributed by atoms with E-state index in [1.54, 1.807) is 0 Å². The van der Waals surface area contributed by atoms with E-state index in [4.69, 9.17) is 4.74 Å². The van der Waals surface area contributed by atoms with Crippen LogP contribution in [0.2, 0.25) is 0 Å². The van der Waals surface area contributed by atoms with Crippen LogP contribution in [0.1, 0.15) is 44.6 Å². The maximum atomic E-state index is 12.9. The molecule has 4 heteroatoms. The van der Waals surface area contributed by atoms with Gasteiger partial charge in [0.1, 0.15) is 0 Å². The molecule has 2 saturated heterocycles. The Morgan fingerprint density at radius 3 is 2.92 bits per heavy atom. The van der Waals surface area contributed by atoms with Crippen LogP contribution in [-0.2, 0) is 16.1 Å². The van der Waals surface area contributed by atoms with Gasteiger partial charge in [-0.2, -0.15) is 0 Å². The van der Waals surface area contributed by atoms with Gasteiger partial charge in [-0.25, -0.2) is 0 Å². The highest BCUT2D eigenvalue weighted by molar-refractivity contribution is 5.79. The van der Waals surface area contributed by atoms with E-state index in [-0.39, 0.29) is 12.0 Å². The molecule has 2 heterocycles. The number of piperidine rings is 1. The number of carbonyl (C=O) groups excluding carboxylic acids is 1. The normalized spacial score (nSPS) is 27.9. The average molecular weight is 330 g/mol. The zero-order chi connectivity index (χ0) is 16.8. The van der Waals surface area contributed by atoms with Crippen LogP contribution >= 0.6 is 0 Å². The fourth-order valence-corrected chi connectivity index (χ4v) is 3.85. The molecule has 0 aliphatic carbocycles. The molecule has 1 N–H and O–H groups in total. The van der Waals surface area contributed by atoms with E-state index in [1.165, 1.54) is 5.56 Å². The second-order valence-electron chi connectivity index (χ2n) is 7.11. The van der Waals surface area contributed by atoms with Gasteiger partial charge < -0.3 is 15.0 Å². The van der Waals surface area contributed by atoms with Crippen LogP contribution in [0.15, 0.2) is 30.3 Å². The van der Waals surface area contributed by atoms with E-state index < -0.39 is 0 Å². The molecule has 1 amide bonds. The highest BCUT2D eigenvalue weighted by Crippen LogP contribution is 2.25. The van der Waals surface area contributed by atoms with Gasteiger partial charge in [0.2, 0.25) is 5.91 Å². The topological polar surface area (TPSA) is 41.6 Å².